The van der Waals surface area contributed by atoms with Crippen LogP contribution < -0.4 is 5.43 Å². The Morgan fingerprint density at radius 3 is 2.86 bits per heavy atom. The zero-order valence-electron chi connectivity index (χ0n) is 19.0. The molecule has 1 amide bonds. The number of benzene rings is 1. The largest absolute Gasteiger partial charge is 0.503 e. The lowest BCUT2D eigenvalue weighted by molar-refractivity contribution is -0.112. The lowest BCUT2D eigenvalue weighted by Crippen LogP contribution is -2.56. The van der Waals surface area contributed by atoms with E-state index in [1.807, 2.05) is 6.92 Å². The third-order valence-corrected chi connectivity index (χ3v) is 7.21. The van der Waals surface area contributed by atoms with Crippen molar-refractivity contribution in [1.82, 2.24) is 19.7 Å². The van der Waals surface area contributed by atoms with Crippen molar-refractivity contribution in [3.05, 3.63) is 62.0 Å². The van der Waals surface area contributed by atoms with Gasteiger partial charge in [0.05, 0.1) is 25.3 Å². The fourth-order valence-corrected chi connectivity index (χ4v) is 5.39. The van der Waals surface area contributed by atoms with Gasteiger partial charge in [0.2, 0.25) is 5.43 Å². The highest BCUT2D eigenvalue weighted by Gasteiger charge is 2.40. The molecule has 1 saturated heterocycles. The van der Waals surface area contributed by atoms with E-state index < -0.39 is 34.9 Å². The van der Waals surface area contributed by atoms with E-state index in [1.165, 1.54) is 23.9 Å². The SMILES string of the molecule is COCc1cc(F)cc(F)c1Cc1nnc(-c2cn3c(c(O)c2=O)C(=O)N2[C@H](C)CCO[C@H]2C3)s1. The van der Waals surface area contributed by atoms with Crippen LogP contribution in [0.5, 0.6) is 5.75 Å². The van der Waals surface area contributed by atoms with E-state index in [0.29, 0.717) is 23.6 Å². The second kappa shape index (κ2) is 9.10. The molecule has 2 aliphatic heterocycles. The van der Waals surface area contributed by atoms with E-state index in [1.54, 1.807) is 4.90 Å². The zero-order valence-corrected chi connectivity index (χ0v) is 19.8. The van der Waals surface area contributed by atoms with Crippen molar-refractivity contribution in [2.75, 3.05) is 13.7 Å². The highest BCUT2D eigenvalue weighted by atomic mass is 32.1. The maximum absolute atomic E-state index is 14.5. The molecule has 4 heterocycles. The number of methoxy groups -OCH3 is 1. The van der Waals surface area contributed by atoms with E-state index in [2.05, 4.69) is 10.2 Å². The summed E-state index contributed by atoms with van der Waals surface area (Å²) in [6.07, 6.45) is 1.65. The fraction of sp³-hybridized carbons (Fsp3) is 0.391. The molecule has 3 aromatic rings. The number of amides is 1. The predicted molar refractivity (Wildman–Crippen MR) is 121 cm³/mol. The number of rotatable bonds is 5. The lowest BCUT2D eigenvalue weighted by Gasteiger charge is -2.44. The second-order valence-electron chi connectivity index (χ2n) is 8.53. The van der Waals surface area contributed by atoms with Gasteiger partial charge in [-0.25, -0.2) is 8.78 Å². The molecule has 2 aromatic heterocycles. The first-order valence-electron chi connectivity index (χ1n) is 11.0. The van der Waals surface area contributed by atoms with Gasteiger partial charge in [-0.3, -0.25) is 9.59 Å². The Hall–Kier alpha value is -3.22. The van der Waals surface area contributed by atoms with E-state index in [9.17, 15) is 23.5 Å². The Morgan fingerprint density at radius 2 is 2.09 bits per heavy atom. The van der Waals surface area contributed by atoms with E-state index in [0.717, 1.165) is 17.4 Å². The van der Waals surface area contributed by atoms with Gasteiger partial charge in [-0.05, 0) is 25.0 Å². The molecule has 9 nitrogen and oxygen atoms in total. The molecule has 1 aromatic carbocycles. The Kier molecular flexibility index (Phi) is 6.11. The molecular weight excluding hydrogens is 482 g/mol. The minimum absolute atomic E-state index is 0.0159. The topological polar surface area (TPSA) is 107 Å². The highest BCUT2D eigenvalue weighted by Crippen LogP contribution is 2.32. The number of nitrogens with zero attached hydrogens (tertiary/aromatic N) is 4. The summed E-state index contributed by atoms with van der Waals surface area (Å²) >= 11 is 1.04. The number of aromatic hydroxyl groups is 1. The first kappa shape index (κ1) is 23.5. The van der Waals surface area contributed by atoms with Crippen molar-refractivity contribution >= 4 is 17.2 Å². The number of fused-ring (bicyclic) bond motifs is 2. The van der Waals surface area contributed by atoms with E-state index in [-0.39, 0.29) is 47.4 Å². The van der Waals surface area contributed by atoms with Gasteiger partial charge in [-0.1, -0.05) is 11.3 Å². The summed E-state index contributed by atoms with van der Waals surface area (Å²) in [5.41, 5.74) is -0.205. The second-order valence-corrected chi connectivity index (χ2v) is 9.60. The molecule has 0 spiro atoms. The Balaban J connectivity index is 1.50. The molecule has 0 radical (unpaired) electrons. The van der Waals surface area contributed by atoms with Crippen LogP contribution in [-0.2, 0) is 29.0 Å². The van der Waals surface area contributed by atoms with Crippen LogP contribution in [-0.4, -0.2) is 56.7 Å². The average Bonchev–Trinajstić information content (AvgIpc) is 3.27. The van der Waals surface area contributed by atoms with Crippen molar-refractivity contribution in [3.8, 4) is 16.3 Å². The Bertz CT molecular complexity index is 1370. The minimum Gasteiger partial charge on any atom is -0.503 e. The zero-order chi connectivity index (χ0) is 24.9. The number of hydrogen-bond donors (Lipinski definition) is 1. The number of ether oxygens (including phenoxy) is 2. The summed E-state index contributed by atoms with van der Waals surface area (Å²) in [6.45, 7) is 2.67. The van der Waals surface area contributed by atoms with Crippen molar-refractivity contribution in [2.24, 2.45) is 0 Å². The molecule has 184 valence electrons. The van der Waals surface area contributed by atoms with Gasteiger partial charge >= 0.3 is 0 Å². The summed E-state index contributed by atoms with van der Waals surface area (Å²) in [6, 6.07) is 1.91. The van der Waals surface area contributed by atoms with Gasteiger partial charge in [0.25, 0.3) is 5.91 Å². The standard InChI is InChI=1S/C23H22F2N4O5S/c1-11-3-4-34-18-9-28-8-15(20(30)21(31)19(28)23(32)29(11)18)22-27-26-17(35-22)7-14-12(10-33-2)5-13(24)6-16(14)25/h5-6,8,11,18,31H,3-4,7,9-10H2,1-2H3/t11-,18+/m1/s1. The number of carbonyl (C=O) groups is 1. The molecule has 0 unspecified atom stereocenters. The van der Waals surface area contributed by atoms with Crippen molar-refractivity contribution in [1.29, 1.82) is 0 Å². The van der Waals surface area contributed by atoms with Crippen LogP contribution in [0, 0.1) is 11.6 Å². The molecule has 0 saturated carbocycles. The van der Waals surface area contributed by atoms with E-state index >= 15 is 0 Å². The quantitative estimate of drug-likeness (QED) is 0.569. The Labute approximate surface area is 202 Å². The molecule has 35 heavy (non-hydrogen) atoms. The molecule has 1 fully saturated rings. The summed E-state index contributed by atoms with van der Waals surface area (Å²) < 4.78 is 40.4. The molecule has 0 aliphatic carbocycles. The number of hydrogen-bond acceptors (Lipinski definition) is 8. The predicted octanol–water partition coefficient (Wildman–Crippen LogP) is 2.68. The number of pyridine rings is 1. The third kappa shape index (κ3) is 4.11. The Morgan fingerprint density at radius 1 is 1.29 bits per heavy atom. The maximum atomic E-state index is 14.5. The smallest absolute Gasteiger partial charge is 0.276 e. The third-order valence-electron chi connectivity index (χ3n) is 6.25. The van der Waals surface area contributed by atoms with Gasteiger partial charge in [0.1, 0.15) is 16.6 Å². The fourth-order valence-electron chi connectivity index (χ4n) is 4.53. The van der Waals surface area contributed by atoms with Gasteiger partial charge < -0.3 is 24.0 Å². The molecule has 5 rings (SSSR count). The average molecular weight is 505 g/mol. The maximum Gasteiger partial charge on any atom is 0.276 e. The summed E-state index contributed by atoms with van der Waals surface area (Å²) in [7, 11) is 1.43. The van der Waals surface area contributed by atoms with Crippen LogP contribution in [0.3, 0.4) is 0 Å². The molecule has 12 heteroatoms. The monoisotopic (exact) mass is 504 g/mol. The molecule has 2 aliphatic rings. The molecule has 0 bridgehead atoms. The normalized spacial score (nSPS) is 19.5. The van der Waals surface area contributed by atoms with Crippen molar-refractivity contribution in [2.45, 2.75) is 45.2 Å². The number of aromatic nitrogens is 3. The number of halogens is 2. The van der Waals surface area contributed by atoms with Gasteiger partial charge in [-0.15, -0.1) is 10.2 Å². The lowest BCUT2D eigenvalue weighted by atomic mass is 10.0. The summed E-state index contributed by atoms with van der Waals surface area (Å²) in [4.78, 5) is 27.6. The van der Waals surface area contributed by atoms with Crippen molar-refractivity contribution < 1.29 is 28.2 Å². The van der Waals surface area contributed by atoms with Gasteiger partial charge in [0, 0.05) is 37.4 Å². The van der Waals surface area contributed by atoms with Gasteiger partial charge in [0.15, 0.2) is 22.7 Å². The van der Waals surface area contributed by atoms with Crippen LogP contribution in [0.4, 0.5) is 8.78 Å². The first-order chi connectivity index (χ1) is 16.8. The van der Waals surface area contributed by atoms with Gasteiger partial charge in [-0.2, -0.15) is 0 Å². The van der Waals surface area contributed by atoms with E-state index in [4.69, 9.17) is 9.47 Å². The highest BCUT2D eigenvalue weighted by molar-refractivity contribution is 7.14. The van der Waals surface area contributed by atoms with Crippen LogP contribution in [0.1, 0.15) is 40.0 Å². The summed E-state index contributed by atoms with van der Waals surface area (Å²) in [5, 5.41) is 19.4. The van der Waals surface area contributed by atoms with Crippen LogP contribution in [0.2, 0.25) is 0 Å². The van der Waals surface area contributed by atoms with Crippen LogP contribution >= 0.6 is 11.3 Å². The van der Waals surface area contributed by atoms with Crippen molar-refractivity contribution in [3.63, 3.8) is 0 Å². The molecular formula is C23H22F2N4O5S. The van der Waals surface area contributed by atoms with Crippen LogP contribution in [0.25, 0.3) is 10.6 Å². The summed E-state index contributed by atoms with van der Waals surface area (Å²) in [5.74, 6) is -2.57. The minimum atomic E-state index is -0.746. The number of carbonyl (C=O) groups excluding carboxylic acids is 1. The molecule has 1 N–H and O–H groups in total. The molecule has 2 atom stereocenters. The van der Waals surface area contributed by atoms with Crippen LogP contribution in [0.15, 0.2) is 23.1 Å². The first-order valence-corrected chi connectivity index (χ1v) is 11.8.